The standard InChI is InChI=1S/C12H20N4O4S/c1-8-10(9(11(17)18)15-14-8)21(19,20)13-7-12(16(2)3)5-4-6-12/h13H,4-7H2,1-3H3,(H,14,15)(H,17,18). The van der Waals surface area contributed by atoms with Crippen molar-refractivity contribution >= 4 is 16.0 Å². The van der Waals surface area contributed by atoms with Crippen LogP contribution >= 0.6 is 0 Å². The number of nitrogens with zero attached hydrogens (tertiary/aromatic N) is 2. The van der Waals surface area contributed by atoms with E-state index in [1.165, 1.54) is 6.92 Å². The van der Waals surface area contributed by atoms with E-state index >= 15 is 0 Å². The van der Waals surface area contributed by atoms with Crippen LogP contribution in [-0.2, 0) is 10.0 Å². The van der Waals surface area contributed by atoms with Gasteiger partial charge in [0.15, 0.2) is 5.69 Å². The number of likely N-dealkylation sites (N-methyl/N-ethyl adjacent to an activating group) is 1. The third-order valence-corrected chi connectivity index (χ3v) is 5.75. The Morgan fingerprint density at radius 1 is 1.48 bits per heavy atom. The maximum Gasteiger partial charge on any atom is 0.357 e. The molecule has 2 rings (SSSR count). The fraction of sp³-hybridized carbons (Fsp3) is 0.667. The average Bonchev–Trinajstić information content (AvgIpc) is 2.69. The van der Waals surface area contributed by atoms with E-state index in [2.05, 4.69) is 14.9 Å². The minimum absolute atomic E-state index is 0.186. The summed E-state index contributed by atoms with van der Waals surface area (Å²) in [4.78, 5) is 12.8. The van der Waals surface area contributed by atoms with E-state index < -0.39 is 21.7 Å². The van der Waals surface area contributed by atoms with Gasteiger partial charge in [0.25, 0.3) is 0 Å². The number of carbonyl (C=O) groups is 1. The third kappa shape index (κ3) is 2.81. The topological polar surface area (TPSA) is 115 Å². The Morgan fingerprint density at radius 2 is 2.10 bits per heavy atom. The fourth-order valence-corrected chi connectivity index (χ4v) is 4.00. The number of aromatic carboxylic acids is 1. The summed E-state index contributed by atoms with van der Waals surface area (Å²) in [5.41, 5.74) is -0.450. The van der Waals surface area contributed by atoms with Crippen molar-refractivity contribution in [2.75, 3.05) is 20.6 Å². The van der Waals surface area contributed by atoms with E-state index in [9.17, 15) is 13.2 Å². The van der Waals surface area contributed by atoms with Gasteiger partial charge < -0.3 is 10.0 Å². The molecule has 1 aromatic rings. The van der Waals surface area contributed by atoms with Gasteiger partial charge in [-0.3, -0.25) is 5.10 Å². The van der Waals surface area contributed by atoms with Crippen LogP contribution in [0.4, 0.5) is 0 Å². The van der Waals surface area contributed by atoms with Gasteiger partial charge in [-0.25, -0.2) is 17.9 Å². The molecule has 0 radical (unpaired) electrons. The molecule has 1 aromatic heterocycles. The Hall–Kier alpha value is -1.45. The first-order valence-corrected chi connectivity index (χ1v) is 8.13. The first kappa shape index (κ1) is 15.9. The molecule has 8 nitrogen and oxygen atoms in total. The van der Waals surface area contributed by atoms with Gasteiger partial charge >= 0.3 is 5.97 Å². The zero-order valence-electron chi connectivity index (χ0n) is 12.3. The number of nitrogens with one attached hydrogen (secondary N) is 2. The second-order valence-corrected chi connectivity index (χ2v) is 7.33. The van der Waals surface area contributed by atoms with Crippen LogP contribution < -0.4 is 4.72 Å². The van der Waals surface area contributed by atoms with Crippen molar-refractivity contribution in [3.8, 4) is 0 Å². The average molecular weight is 316 g/mol. The van der Waals surface area contributed by atoms with Crippen molar-refractivity contribution in [3.05, 3.63) is 11.4 Å². The lowest BCUT2D eigenvalue weighted by atomic mass is 9.76. The Morgan fingerprint density at radius 3 is 2.52 bits per heavy atom. The van der Waals surface area contributed by atoms with Crippen molar-refractivity contribution < 1.29 is 18.3 Å². The molecule has 3 N–H and O–H groups in total. The van der Waals surface area contributed by atoms with Gasteiger partial charge in [0.1, 0.15) is 4.90 Å². The van der Waals surface area contributed by atoms with Crippen LogP contribution in [-0.4, -0.2) is 60.8 Å². The number of carboxylic acid groups (broad SMARTS) is 1. The summed E-state index contributed by atoms with van der Waals surface area (Å²) in [5, 5.41) is 15.0. The van der Waals surface area contributed by atoms with E-state index in [0.29, 0.717) is 0 Å². The van der Waals surface area contributed by atoms with Crippen LogP contribution in [0, 0.1) is 6.92 Å². The highest BCUT2D eigenvalue weighted by Gasteiger charge is 2.40. The lowest BCUT2D eigenvalue weighted by Crippen LogP contribution is -2.57. The van der Waals surface area contributed by atoms with Gasteiger partial charge in [-0.15, -0.1) is 0 Å². The molecule has 1 aliphatic carbocycles. The van der Waals surface area contributed by atoms with Gasteiger partial charge in [0.05, 0.1) is 5.69 Å². The highest BCUT2D eigenvalue weighted by atomic mass is 32.2. The van der Waals surface area contributed by atoms with Crippen LogP contribution in [0.2, 0.25) is 0 Å². The zero-order valence-corrected chi connectivity index (χ0v) is 13.1. The molecular formula is C12H20N4O4S. The fourth-order valence-electron chi connectivity index (χ4n) is 2.56. The van der Waals surface area contributed by atoms with Crippen LogP contribution in [0.3, 0.4) is 0 Å². The van der Waals surface area contributed by atoms with Gasteiger partial charge in [-0.1, -0.05) is 0 Å². The van der Waals surface area contributed by atoms with E-state index in [1.807, 2.05) is 19.0 Å². The van der Waals surface area contributed by atoms with Crippen molar-refractivity contribution in [1.29, 1.82) is 0 Å². The third-order valence-electron chi connectivity index (χ3n) is 4.19. The summed E-state index contributed by atoms with van der Waals surface area (Å²) >= 11 is 0. The smallest absolute Gasteiger partial charge is 0.357 e. The Bertz CT molecular complexity index is 646. The second-order valence-electron chi connectivity index (χ2n) is 5.63. The molecule has 0 saturated heterocycles. The van der Waals surface area contributed by atoms with Gasteiger partial charge in [-0.2, -0.15) is 5.10 Å². The normalized spacial score (nSPS) is 17.7. The minimum atomic E-state index is -3.92. The summed E-state index contributed by atoms with van der Waals surface area (Å²) in [7, 11) is -0.0856. The monoisotopic (exact) mass is 316 g/mol. The Labute approximate surface area is 123 Å². The number of sulfonamides is 1. The SMILES string of the molecule is Cc1[nH]nc(C(=O)O)c1S(=O)(=O)NCC1(N(C)C)CCC1. The molecule has 0 spiro atoms. The highest BCUT2D eigenvalue weighted by Crippen LogP contribution is 2.35. The largest absolute Gasteiger partial charge is 0.476 e. The number of carboxylic acids is 1. The van der Waals surface area contributed by atoms with E-state index in [-0.39, 0.29) is 22.7 Å². The summed E-state index contributed by atoms with van der Waals surface area (Å²) in [6, 6.07) is 0. The summed E-state index contributed by atoms with van der Waals surface area (Å²) in [6.45, 7) is 1.74. The number of aromatic amines is 1. The zero-order chi connectivity index (χ0) is 15.8. The van der Waals surface area contributed by atoms with Crippen LogP contribution in [0.25, 0.3) is 0 Å². The van der Waals surface area contributed by atoms with Crippen molar-refractivity contribution in [3.63, 3.8) is 0 Å². The number of hydrogen-bond acceptors (Lipinski definition) is 5. The van der Waals surface area contributed by atoms with Crippen molar-refractivity contribution in [1.82, 2.24) is 19.8 Å². The molecule has 0 bridgehead atoms. The molecule has 0 aliphatic heterocycles. The van der Waals surface area contributed by atoms with Crippen LogP contribution in [0.15, 0.2) is 4.90 Å². The van der Waals surface area contributed by atoms with Crippen LogP contribution in [0.1, 0.15) is 35.4 Å². The molecule has 1 fully saturated rings. The molecule has 9 heteroatoms. The summed E-state index contributed by atoms with van der Waals surface area (Å²) in [6.07, 6.45) is 2.89. The molecule has 0 amide bonds. The van der Waals surface area contributed by atoms with Crippen molar-refractivity contribution in [2.45, 2.75) is 36.6 Å². The summed E-state index contributed by atoms with van der Waals surface area (Å²) in [5.74, 6) is -1.37. The van der Waals surface area contributed by atoms with Gasteiger partial charge in [0.2, 0.25) is 10.0 Å². The highest BCUT2D eigenvalue weighted by molar-refractivity contribution is 7.89. The van der Waals surface area contributed by atoms with E-state index in [0.717, 1.165) is 19.3 Å². The van der Waals surface area contributed by atoms with Crippen molar-refractivity contribution in [2.24, 2.45) is 0 Å². The molecule has 21 heavy (non-hydrogen) atoms. The second kappa shape index (κ2) is 5.39. The number of H-pyrrole nitrogens is 1. The number of hydrogen-bond donors (Lipinski definition) is 3. The maximum atomic E-state index is 12.4. The first-order chi connectivity index (χ1) is 9.69. The molecule has 1 saturated carbocycles. The maximum absolute atomic E-state index is 12.4. The first-order valence-electron chi connectivity index (χ1n) is 6.65. The molecule has 0 unspecified atom stereocenters. The minimum Gasteiger partial charge on any atom is -0.476 e. The molecule has 1 aliphatic rings. The molecular weight excluding hydrogens is 296 g/mol. The molecule has 1 heterocycles. The van der Waals surface area contributed by atoms with Gasteiger partial charge in [-0.05, 0) is 40.3 Å². The quantitative estimate of drug-likeness (QED) is 0.689. The predicted molar refractivity (Wildman–Crippen MR) is 75.7 cm³/mol. The van der Waals surface area contributed by atoms with E-state index in [4.69, 9.17) is 5.11 Å². The van der Waals surface area contributed by atoms with E-state index in [1.54, 1.807) is 0 Å². The summed E-state index contributed by atoms with van der Waals surface area (Å²) < 4.78 is 27.3. The lowest BCUT2D eigenvalue weighted by molar-refractivity contribution is 0.0656. The Kier molecular flexibility index (Phi) is 4.09. The predicted octanol–water partition coefficient (Wildman–Crippen LogP) is 0.179. The number of rotatable bonds is 6. The van der Waals surface area contributed by atoms with Gasteiger partial charge in [0, 0.05) is 12.1 Å². The molecule has 0 atom stereocenters. The van der Waals surface area contributed by atoms with Crippen LogP contribution in [0.5, 0.6) is 0 Å². The number of aryl methyl sites for hydroxylation is 1. The molecule has 0 aromatic carbocycles. The number of aromatic nitrogens is 2. The molecule has 118 valence electrons. The Balaban J connectivity index is 2.24. The lowest BCUT2D eigenvalue weighted by Gasteiger charge is -2.47.